The van der Waals surface area contributed by atoms with Crippen molar-refractivity contribution in [2.75, 3.05) is 19.6 Å². The van der Waals surface area contributed by atoms with E-state index in [9.17, 15) is 0 Å². The minimum Gasteiger partial charge on any atom is -0.314 e. The van der Waals surface area contributed by atoms with Crippen LogP contribution in [0.2, 0.25) is 0 Å². The van der Waals surface area contributed by atoms with Gasteiger partial charge in [-0.05, 0) is 70.0 Å². The van der Waals surface area contributed by atoms with Crippen molar-refractivity contribution in [3.05, 3.63) is 16.1 Å². The summed E-state index contributed by atoms with van der Waals surface area (Å²) in [4.78, 5) is 7.16. The van der Waals surface area contributed by atoms with Crippen LogP contribution in [0.5, 0.6) is 0 Å². The van der Waals surface area contributed by atoms with Crippen LogP contribution in [0.4, 0.5) is 0 Å². The van der Waals surface area contributed by atoms with E-state index in [1.165, 1.54) is 62.4 Å². The van der Waals surface area contributed by atoms with Gasteiger partial charge in [-0.15, -0.1) is 11.3 Å². The lowest BCUT2D eigenvalue weighted by molar-refractivity contribution is 0.171. The summed E-state index contributed by atoms with van der Waals surface area (Å²) in [5, 5.41) is 7.25. The predicted molar refractivity (Wildman–Crippen MR) is 94.3 cm³/mol. The van der Waals surface area contributed by atoms with Gasteiger partial charge in [0.1, 0.15) is 0 Å². The molecule has 2 heterocycles. The lowest BCUT2D eigenvalue weighted by atomic mass is 9.91. The molecule has 0 aromatic carbocycles. The summed E-state index contributed by atoms with van der Waals surface area (Å²) in [6, 6.07) is 0.769. The molecule has 1 saturated heterocycles. The quantitative estimate of drug-likeness (QED) is 0.893. The number of aromatic nitrogens is 1. The average Bonchev–Trinajstić information content (AvgIpc) is 3.04. The molecule has 3 nitrogen and oxygen atoms in total. The molecule has 0 radical (unpaired) electrons. The molecule has 124 valence electrons. The summed E-state index contributed by atoms with van der Waals surface area (Å²) in [6.07, 6.45) is 6.79. The molecule has 0 unspecified atom stereocenters. The molecule has 0 spiro atoms. The van der Waals surface area contributed by atoms with E-state index in [2.05, 4.69) is 41.4 Å². The maximum absolute atomic E-state index is 4.59. The first-order valence-corrected chi connectivity index (χ1v) is 9.75. The Kier molecular flexibility index (Phi) is 5.20. The van der Waals surface area contributed by atoms with E-state index in [-0.39, 0.29) is 0 Å². The van der Waals surface area contributed by atoms with E-state index in [1.807, 2.05) is 0 Å². The number of hydrogen-bond acceptors (Lipinski definition) is 4. The smallest absolute Gasteiger partial charge is 0.0897 e. The number of thiazole rings is 1. The van der Waals surface area contributed by atoms with Crippen molar-refractivity contribution in [3.8, 4) is 0 Å². The van der Waals surface area contributed by atoms with Crippen molar-refractivity contribution in [2.45, 2.75) is 65.5 Å². The topological polar surface area (TPSA) is 28.2 Å². The molecule has 1 aliphatic carbocycles. The Morgan fingerprint density at radius 3 is 2.68 bits per heavy atom. The Labute approximate surface area is 139 Å². The third kappa shape index (κ3) is 4.53. The van der Waals surface area contributed by atoms with E-state index < -0.39 is 0 Å². The first-order valence-electron chi connectivity index (χ1n) is 8.87. The second-order valence-corrected chi connectivity index (χ2v) is 9.15. The Bertz CT molecular complexity index is 474. The first-order chi connectivity index (χ1) is 10.5. The van der Waals surface area contributed by atoms with Crippen LogP contribution in [0.1, 0.15) is 56.7 Å². The summed E-state index contributed by atoms with van der Waals surface area (Å²) < 4.78 is 0. The molecule has 1 saturated carbocycles. The molecule has 2 aliphatic rings. The molecule has 0 bridgehead atoms. The van der Waals surface area contributed by atoms with Gasteiger partial charge in [-0.2, -0.15) is 0 Å². The van der Waals surface area contributed by atoms with Gasteiger partial charge in [0.05, 0.1) is 10.7 Å². The van der Waals surface area contributed by atoms with Crippen LogP contribution in [-0.4, -0.2) is 35.6 Å². The molecular formula is C18H31N3S. The van der Waals surface area contributed by atoms with Crippen molar-refractivity contribution >= 4 is 11.3 Å². The van der Waals surface area contributed by atoms with Crippen molar-refractivity contribution in [1.29, 1.82) is 0 Å². The summed E-state index contributed by atoms with van der Waals surface area (Å²) in [5.74, 6) is 0.872. The van der Waals surface area contributed by atoms with Gasteiger partial charge < -0.3 is 5.32 Å². The zero-order valence-electron chi connectivity index (χ0n) is 14.4. The molecule has 1 aliphatic heterocycles. The second kappa shape index (κ2) is 6.98. The molecule has 0 amide bonds. The molecule has 1 aromatic rings. The Hall–Kier alpha value is -0.450. The third-order valence-electron chi connectivity index (χ3n) is 5.42. The molecule has 3 rings (SSSR count). The van der Waals surface area contributed by atoms with Crippen molar-refractivity contribution < 1.29 is 0 Å². The number of aryl methyl sites for hydroxylation is 1. The molecule has 1 aromatic heterocycles. The van der Waals surface area contributed by atoms with Crippen molar-refractivity contribution in [2.24, 2.45) is 11.3 Å². The number of nitrogens with zero attached hydrogens (tertiary/aromatic N) is 2. The zero-order valence-corrected chi connectivity index (χ0v) is 15.2. The fourth-order valence-corrected chi connectivity index (χ4v) is 4.61. The van der Waals surface area contributed by atoms with Crippen molar-refractivity contribution in [1.82, 2.24) is 15.2 Å². The first kappa shape index (κ1) is 16.4. The fraction of sp³-hybridized carbons (Fsp3) is 0.833. The zero-order chi connectivity index (χ0) is 15.6. The summed E-state index contributed by atoms with van der Waals surface area (Å²) in [6.45, 7) is 11.7. The highest BCUT2D eigenvalue weighted by molar-refractivity contribution is 7.09. The third-order valence-corrected chi connectivity index (χ3v) is 6.25. The molecule has 1 N–H and O–H groups in total. The van der Waals surface area contributed by atoms with Gasteiger partial charge >= 0.3 is 0 Å². The summed E-state index contributed by atoms with van der Waals surface area (Å²) >= 11 is 1.77. The highest BCUT2D eigenvalue weighted by Gasteiger charge is 2.31. The summed E-state index contributed by atoms with van der Waals surface area (Å²) in [5.41, 5.74) is 1.82. The lowest BCUT2D eigenvalue weighted by Gasteiger charge is -2.32. The Balaban J connectivity index is 1.35. The summed E-state index contributed by atoms with van der Waals surface area (Å²) in [7, 11) is 0. The number of hydrogen-bond donors (Lipinski definition) is 1. The molecule has 2 fully saturated rings. The number of piperidine rings is 1. The Morgan fingerprint density at radius 1 is 1.32 bits per heavy atom. The molecule has 1 atom stereocenters. The maximum atomic E-state index is 4.59. The van der Waals surface area contributed by atoms with Crippen LogP contribution < -0.4 is 5.32 Å². The second-order valence-electron chi connectivity index (χ2n) is 8.09. The monoisotopic (exact) mass is 321 g/mol. The molecular weight excluding hydrogens is 290 g/mol. The van der Waals surface area contributed by atoms with Crippen LogP contribution >= 0.6 is 11.3 Å². The molecule has 4 heteroatoms. The highest BCUT2D eigenvalue weighted by Crippen LogP contribution is 2.37. The van der Waals surface area contributed by atoms with Gasteiger partial charge in [0, 0.05) is 18.0 Å². The van der Waals surface area contributed by atoms with Gasteiger partial charge in [-0.25, -0.2) is 4.98 Å². The minimum absolute atomic E-state index is 0.562. The van der Waals surface area contributed by atoms with Crippen LogP contribution in [-0.2, 0) is 6.54 Å². The van der Waals surface area contributed by atoms with Crippen molar-refractivity contribution in [3.63, 3.8) is 0 Å². The van der Waals surface area contributed by atoms with E-state index in [4.69, 9.17) is 0 Å². The normalized spacial score (nSPS) is 26.6. The van der Waals surface area contributed by atoms with Gasteiger partial charge in [0.15, 0.2) is 0 Å². The maximum Gasteiger partial charge on any atom is 0.0897 e. The number of likely N-dealkylation sites (tertiary alicyclic amines) is 1. The van der Waals surface area contributed by atoms with E-state index in [1.54, 1.807) is 11.3 Å². The van der Waals surface area contributed by atoms with Crippen LogP contribution in [0.15, 0.2) is 5.38 Å². The number of rotatable bonds is 5. The minimum atomic E-state index is 0.562. The van der Waals surface area contributed by atoms with E-state index in [0.29, 0.717) is 5.41 Å². The van der Waals surface area contributed by atoms with Gasteiger partial charge in [-0.3, -0.25) is 4.90 Å². The average molecular weight is 322 g/mol. The fourth-order valence-electron chi connectivity index (χ4n) is 4.00. The van der Waals surface area contributed by atoms with Crippen LogP contribution in [0, 0.1) is 18.3 Å². The predicted octanol–water partition coefficient (Wildman–Crippen LogP) is 3.83. The van der Waals surface area contributed by atoms with Gasteiger partial charge in [0.25, 0.3) is 0 Å². The van der Waals surface area contributed by atoms with E-state index in [0.717, 1.165) is 18.5 Å². The largest absolute Gasteiger partial charge is 0.314 e. The van der Waals surface area contributed by atoms with Gasteiger partial charge in [-0.1, -0.05) is 13.8 Å². The lowest BCUT2D eigenvalue weighted by Crippen LogP contribution is -2.39. The van der Waals surface area contributed by atoms with Crippen LogP contribution in [0.3, 0.4) is 0 Å². The van der Waals surface area contributed by atoms with Crippen LogP contribution in [0.25, 0.3) is 0 Å². The highest BCUT2D eigenvalue weighted by atomic mass is 32.1. The van der Waals surface area contributed by atoms with E-state index >= 15 is 0 Å². The Morgan fingerprint density at radius 2 is 2.09 bits per heavy atom. The SMILES string of the molecule is Cc1nc(CN2CCC(CN[C@@H]3CCC(C)(C)C3)CC2)cs1. The molecule has 22 heavy (non-hydrogen) atoms. The number of nitrogens with one attached hydrogen (secondary N) is 1. The standard InChI is InChI=1S/C18H31N3S/c1-14-20-17(13-22-14)12-21-8-5-15(6-9-21)11-19-16-4-7-18(2,3)10-16/h13,15-16,19H,4-12H2,1-3H3/t16-/m1/s1. The van der Waals surface area contributed by atoms with Gasteiger partial charge in [0.2, 0.25) is 0 Å².